The van der Waals surface area contributed by atoms with Gasteiger partial charge in [0.25, 0.3) is 0 Å². The molecule has 7 heteroatoms. The number of nitrogens with one attached hydrogen (secondary N) is 2. The van der Waals surface area contributed by atoms with Crippen molar-refractivity contribution in [2.75, 3.05) is 11.9 Å². The number of urea groups is 1. The molecular formula is C10H15N3O3S. The second kappa shape index (κ2) is 5.13. The number of hydrogen-bond donors (Lipinski definition) is 3. The van der Waals surface area contributed by atoms with Gasteiger partial charge in [-0.1, -0.05) is 0 Å². The van der Waals surface area contributed by atoms with Crippen LogP contribution in [-0.4, -0.2) is 28.6 Å². The summed E-state index contributed by atoms with van der Waals surface area (Å²) in [4.78, 5) is 27.2. The number of carboxylic acid groups (broad SMARTS) is 1. The largest absolute Gasteiger partial charge is 0.481 e. The molecule has 0 aliphatic carbocycles. The molecule has 1 heterocycles. The fraction of sp³-hybridized carbons (Fsp3) is 0.500. The van der Waals surface area contributed by atoms with Crippen molar-refractivity contribution < 1.29 is 14.7 Å². The van der Waals surface area contributed by atoms with E-state index < -0.39 is 17.4 Å². The molecule has 17 heavy (non-hydrogen) atoms. The number of aryl methyl sites for hydroxylation is 1. The molecule has 94 valence electrons. The first-order valence-electron chi connectivity index (χ1n) is 5.02. The molecule has 0 radical (unpaired) electrons. The minimum Gasteiger partial charge on any atom is -0.481 e. The van der Waals surface area contributed by atoms with Gasteiger partial charge in [0.15, 0.2) is 5.13 Å². The predicted molar refractivity (Wildman–Crippen MR) is 65.3 cm³/mol. The summed E-state index contributed by atoms with van der Waals surface area (Å²) in [7, 11) is 0. The van der Waals surface area contributed by atoms with Crippen LogP contribution < -0.4 is 10.6 Å². The van der Waals surface area contributed by atoms with Crippen molar-refractivity contribution in [3.63, 3.8) is 0 Å². The van der Waals surface area contributed by atoms with Crippen LogP contribution in [0.2, 0.25) is 0 Å². The summed E-state index contributed by atoms with van der Waals surface area (Å²) in [5, 5.41) is 14.4. The lowest BCUT2D eigenvalue weighted by Gasteiger charge is -2.19. The third kappa shape index (κ3) is 4.03. The van der Waals surface area contributed by atoms with Crippen molar-refractivity contribution in [2.24, 2.45) is 5.41 Å². The Kier molecular flexibility index (Phi) is 4.06. The van der Waals surface area contributed by atoms with E-state index in [1.807, 2.05) is 6.92 Å². The molecule has 1 aromatic heterocycles. The summed E-state index contributed by atoms with van der Waals surface area (Å²) in [5.41, 5.74) is -0.990. The molecule has 3 N–H and O–H groups in total. The number of carboxylic acids is 1. The maximum Gasteiger partial charge on any atom is 0.321 e. The summed E-state index contributed by atoms with van der Waals surface area (Å²) in [6.45, 7) is 5.03. The standard InChI is InChI=1S/C10H15N3O3S/c1-6-4-11-9(17-6)13-8(16)12-5-10(2,3)7(14)15/h4H,5H2,1-3H3,(H,14,15)(H2,11,12,13,16). The Bertz CT molecular complexity index is 428. The number of nitrogens with zero attached hydrogens (tertiary/aromatic N) is 1. The molecular weight excluding hydrogens is 242 g/mol. The highest BCUT2D eigenvalue weighted by atomic mass is 32.1. The van der Waals surface area contributed by atoms with E-state index in [0.717, 1.165) is 4.88 Å². The number of carbonyl (C=O) groups excluding carboxylic acids is 1. The van der Waals surface area contributed by atoms with Crippen molar-refractivity contribution in [3.8, 4) is 0 Å². The lowest BCUT2D eigenvalue weighted by molar-refractivity contribution is -0.146. The van der Waals surface area contributed by atoms with Gasteiger partial charge in [0.1, 0.15) is 0 Å². The first-order valence-corrected chi connectivity index (χ1v) is 5.83. The summed E-state index contributed by atoms with van der Waals surface area (Å²) in [6, 6.07) is -0.450. The number of anilines is 1. The molecule has 1 aromatic rings. The fourth-order valence-electron chi connectivity index (χ4n) is 0.931. The quantitative estimate of drug-likeness (QED) is 0.765. The number of aliphatic carboxylic acids is 1. The van der Waals surface area contributed by atoms with Crippen LogP contribution in [0.3, 0.4) is 0 Å². The SMILES string of the molecule is Cc1cnc(NC(=O)NCC(C)(C)C(=O)O)s1. The molecule has 0 fully saturated rings. The highest BCUT2D eigenvalue weighted by Crippen LogP contribution is 2.16. The van der Waals surface area contributed by atoms with E-state index in [9.17, 15) is 9.59 Å². The number of thiazole rings is 1. The van der Waals surface area contributed by atoms with Gasteiger partial charge in [-0.25, -0.2) is 9.78 Å². The maximum absolute atomic E-state index is 11.4. The van der Waals surface area contributed by atoms with E-state index in [4.69, 9.17) is 5.11 Å². The molecule has 0 atom stereocenters. The Morgan fingerprint density at radius 1 is 1.53 bits per heavy atom. The zero-order chi connectivity index (χ0) is 13.1. The molecule has 0 bridgehead atoms. The number of aromatic nitrogens is 1. The average Bonchev–Trinajstić information content (AvgIpc) is 2.61. The molecule has 2 amide bonds. The fourth-order valence-corrected chi connectivity index (χ4v) is 1.59. The second-order valence-electron chi connectivity index (χ2n) is 4.27. The Hall–Kier alpha value is -1.63. The van der Waals surface area contributed by atoms with Gasteiger partial charge in [0.05, 0.1) is 5.41 Å². The molecule has 6 nitrogen and oxygen atoms in total. The molecule has 0 aromatic carbocycles. The lowest BCUT2D eigenvalue weighted by Crippen LogP contribution is -2.40. The van der Waals surface area contributed by atoms with Crippen molar-refractivity contribution in [3.05, 3.63) is 11.1 Å². The number of amides is 2. The van der Waals surface area contributed by atoms with Crippen LogP contribution in [0.4, 0.5) is 9.93 Å². The molecule has 1 rings (SSSR count). The minimum absolute atomic E-state index is 0.0541. The van der Waals surface area contributed by atoms with Gasteiger partial charge in [0, 0.05) is 17.6 Å². The lowest BCUT2D eigenvalue weighted by atomic mass is 9.94. The molecule has 0 saturated heterocycles. The zero-order valence-electron chi connectivity index (χ0n) is 9.90. The van der Waals surface area contributed by atoms with E-state index >= 15 is 0 Å². The Balaban J connectivity index is 2.43. The molecule has 0 unspecified atom stereocenters. The van der Waals surface area contributed by atoms with Gasteiger partial charge in [-0.15, -0.1) is 11.3 Å². The van der Waals surface area contributed by atoms with Gasteiger partial charge in [-0.05, 0) is 20.8 Å². The van der Waals surface area contributed by atoms with Gasteiger partial charge in [-0.3, -0.25) is 10.1 Å². The number of carbonyl (C=O) groups is 2. The van der Waals surface area contributed by atoms with E-state index in [1.165, 1.54) is 11.3 Å². The Labute approximate surface area is 103 Å². The first-order chi connectivity index (χ1) is 7.81. The van der Waals surface area contributed by atoms with Crippen LogP contribution in [0, 0.1) is 12.3 Å². The van der Waals surface area contributed by atoms with E-state index in [2.05, 4.69) is 15.6 Å². The highest BCUT2D eigenvalue weighted by Gasteiger charge is 2.27. The molecule has 0 aliphatic rings. The summed E-state index contributed by atoms with van der Waals surface area (Å²) < 4.78 is 0. The van der Waals surface area contributed by atoms with Gasteiger partial charge >= 0.3 is 12.0 Å². The highest BCUT2D eigenvalue weighted by molar-refractivity contribution is 7.15. The van der Waals surface area contributed by atoms with Crippen LogP contribution in [0.15, 0.2) is 6.20 Å². The maximum atomic E-state index is 11.4. The van der Waals surface area contributed by atoms with E-state index in [-0.39, 0.29) is 6.54 Å². The summed E-state index contributed by atoms with van der Waals surface area (Å²) in [5.74, 6) is -0.956. The topological polar surface area (TPSA) is 91.3 Å². The predicted octanol–water partition coefficient (Wildman–Crippen LogP) is 1.68. The van der Waals surface area contributed by atoms with Crippen LogP contribution in [0.5, 0.6) is 0 Å². The third-order valence-corrected chi connectivity index (χ3v) is 2.94. The zero-order valence-corrected chi connectivity index (χ0v) is 10.7. The van der Waals surface area contributed by atoms with Crippen LogP contribution in [0.25, 0.3) is 0 Å². The second-order valence-corrected chi connectivity index (χ2v) is 5.51. The Morgan fingerprint density at radius 2 is 2.18 bits per heavy atom. The summed E-state index contributed by atoms with van der Waals surface area (Å²) >= 11 is 1.36. The smallest absolute Gasteiger partial charge is 0.321 e. The van der Waals surface area contributed by atoms with E-state index in [1.54, 1.807) is 20.0 Å². The van der Waals surface area contributed by atoms with Gasteiger partial charge in [0.2, 0.25) is 0 Å². The third-order valence-electron chi connectivity index (χ3n) is 2.11. The van der Waals surface area contributed by atoms with Crippen LogP contribution in [0.1, 0.15) is 18.7 Å². The number of rotatable bonds is 4. The van der Waals surface area contributed by atoms with Gasteiger partial charge < -0.3 is 10.4 Å². The van der Waals surface area contributed by atoms with Crippen LogP contribution in [-0.2, 0) is 4.79 Å². The first kappa shape index (κ1) is 13.4. The summed E-state index contributed by atoms with van der Waals surface area (Å²) in [6.07, 6.45) is 1.65. The monoisotopic (exact) mass is 257 g/mol. The Morgan fingerprint density at radius 3 is 2.65 bits per heavy atom. The van der Waals surface area contributed by atoms with Crippen molar-refractivity contribution >= 4 is 28.5 Å². The average molecular weight is 257 g/mol. The van der Waals surface area contributed by atoms with Gasteiger partial charge in [-0.2, -0.15) is 0 Å². The molecule has 0 aliphatic heterocycles. The minimum atomic E-state index is -0.990. The van der Waals surface area contributed by atoms with Crippen molar-refractivity contribution in [1.29, 1.82) is 0 Å². The van der Waals surface area contributed by atoms with Crippen molar-refractivity contribution in [1.82, 2.24) is 10.3 Å². The van der Waals surface area contributed by atoms with Crippen molar-refractivity contribution in [2.45, 2.75) is 20.8 Å². The normalized spacial score (nSPS) is 11.0. The molecule has 0 saturated carbocycles. The number of hydrogen-bond acceptors (Lipinski definition) is 4. The molecule has 0 spiro atoms. The van der Waals surface area contributed by atoms with E-state index in [0.29, 0.717) is 5.13 Å². The van der Waals surface area contributed by atoms with Crippen LogP contribution >= 0.6 is 11.3 Å².